The monoisotopic (exact) mass is 304 g/mol. The van der Waals surface area contributed by atoms with Crippen molar-refractivity contribution in [2.24, 2.45) is 0 Å². The van der Waals surface area contributed by atoms with Crippen LogP contribution in [0.25, 0.3) is 0 Å². The summed E-state index contributed by atoms with van der Waals surface area (Å²) in [6, 6.07) is 9.65. The van der Waals surface area contributed by atoms with Gasteiger partial charge in [-0.05, 0) is 18.2 Å². The third kappa shape index (κ3) is 3.00. The molecule has 0 bridgehead atoms. The Hall–Kier alpha value is -2.63. The molecule has 0 aromatic heterocycles. The number of nitrogens with one attached hydrogen (secondary N) is 2. The van der Waals surface area contributed by atoms with E-state index in [1.165, 1.54) is 6.07 Å². The van der Waals surface area contributed by atoms with Crippen molar-refractivity contribution in [3.63, 3.8) is 0 Å². The Bertz CT molecular complexity index is 706. The van der Waals surface area contributed by atoms with Crippen LogP contribution >= 0.6 is 0 Å². The number of urea groups is 1. The maximum atomic E-state index is 13.5. The number of carbonyl (C=O) groups excluding carboxylic acids is 1. The molecule has 6 heteroatoms. The van der Waals surface area contributed by atoms with Crippen molar-refractivity contribution in [1.82, 2.24) is 5.32 Å². The molecule has 2 aromatic rings. The Morgan fingerprint density at radius 1 is 1.18 bits per heavy atom. The normalized spacial score (nSPS) is 16.4. The molecule has 1 atom stereocenters. The van der Waals surface area contributed by atoms with E-state index in [0.717, 1.165) is 23.4 Å². The maximum Gasteiger partial charge on any atom is 0.319 e. The molecule has 0 saturated carbocycles. The highest BCUT2D eigenvalue weighted by Crippen LogP contribution is 2.31. The molecule has 2 amide bonds. The summed E-state index contributed by atoms with van der Waals surface area (Å²) in [5, 5.41) is 5.16. The molecule has 0 aliphatic carbocycles. The highest BCUT2D eigenvalue weighted by molar-refractivity contribution is 5.89. The lowest BCUT2D eigenvalue weighted by molar-refractivity contribution is 0.232. The number of hydrogen-bond donors (Lipinski definition) is 2. The third-order valence-corrected chi connectivity index (χ3v) is 3.44. The van der Waals surface area contributed by atoms with E-state index in [4.69, 9.17) is 4.74 Å². The molecule has 2 N–H and O–H groups in total. The second-order valence-corrected chi connectivity index (χ2v) is 4.95. The molecule has 0 saturated heterocycles. The van der Waals surface area contributed by atoms with Crippen LogP contribution in [0.5, 0.6) is 5.75 Å². The van der Waals surface area contributed by atoms with Crippen LogP contribution in [0.15, 0.2) is 42.5 Å². The van der Waals surface area contributed by atoms with Crippen molar-refractivity contribution in [3.8, 4) is 5.75 Å². The minimum atomic E-state index is -0.817. The van der Waals surface area contributed by atoms with Gasteiger partial charge in [-0.2, -0.15) is 0 Å². The molecule has 1 aliphatic rings. The van der Waals surface area contributed by atoms with Crippen molar-refractivity contribution in [3.05, 3.63) is 59.7 Å². The van der Waals surface area contributed by atoms with Crippen LogP contribution in [-0.4, -0.2) is 12.6 Å². The summed E-state index contributed by atoms with van der Waals surface area (Å²) in [5.41, 5.74) is 0.808. The van der Waals surface area contributed by atoms with Crippen LogP contribution in [-0.2, 0) is 0 Å². The number of amides is 2. The van der Waals surface area contributed by atoms with E-state index < -0.39 is 17.7 Å². The highest BCUT2D eigenvalue weighted by atomic mass is 19.1. The zero-order chi connectivity index (χ0) is 15.5. The predicted molar refractivity (Wildman–Crippen MR) is 77.8 cm³/mol. The first-order valence-corrected chi connectivity index (χ1v) is 6.88. The van der Waals surface area contributed by atoms with Crippen molar-refractivity contribution < 1.29 is 18.3 Å². The molecule has 1 heterocycles. The first-order valence-electron chi connectivity index (χ1n) is 6.88. The third-order valence-electron chi connectivity index (χ3n) is 3.44. The van der Waals surface area contributed by atoms with Crippen LogP contribution in [0.3, 0.4) is 0 Å². The quantitative estimate of drug-likeness (QED) is 0.890. The Morgan fingerprint density at radius 2 is 2.00 bits per heavy atom. The lowest BCUT2D eigenvalue weighted by Gasteiger charge is -2.26. The van der Waals surface area contributed by atoms with Gasteiger partial charge in [0.25, 0.3) is 0 Å². The average Bonchev–Trinajstić information content (AvgIpc) is 2.50. The molecule has 3 rings (SSSR count). The van der Waals surface area contributed by atoms with Crippen LogP contribution in [0.1, 0.15) is 18.0 Å². The fourth-order valence-corrected chi connectivity index (χ4v) is 2.40. The first kappa shape index (κ1) is 14.3. The van der Waals surface area contributed by atoms with E-state index in [1.807, 2.05) is 24.3 Å². The van der Waals surface area contributed by atoms with E-state index >= 15 is 0 Å². The van der Waals surface area contributed by atoms with Gasteiger partial charge in [0.15, 0.2) is 0 Å². The standard InChI is InChI=1S/C16H14F2N2O2/c17-10-5-6-14(12(18)9-10)20-16(21)19-13-7-8-22-15-4-2-1-3-11(13)15/h1-6,9,13H,7-8H2,(H2,19,20,21). The topological polar surface area (TPSA) is 50.4 Å². The smallest absolute Gasteiger partial charge is 0.319 e. The zero-order valence-electron chi connectivity index (χ0n) is 11.6. The van der Waals surface area contributed by atoms with Gasteiger partial charge in [0.1, 0.15) is 17.4 Å². The number of ether oxygens (including phenoxy) is 1. The fourth-order valence-electron chi connectivity index (χ4n) is 2.40. The number of rotatable bonds is 2. The van der Waals surface area contributed by atoms with E-state index in [0.29, 0.717) is 13.0 Å². The van der Waals surface area contributed by atoms with Gasteiger partial charge in [-0.1, -0.05) is 18.2 Å². The number of benzene rings is 2. The van der Waals surface area contributed by atoms with E-state index in [1.54, 1.807) is 0 Å². The van der Waals surface area contributed by atoms with Crippen LogP contribution < -0.4 is 15.4 Å². The summed E-state index contributed by atoms with van der Waals surface area (Å²) in [7, 11) is 0. The molecule has 22 heavy (non-hydrogen) atoms. The lowest BCUT2D eigenvalue weighted by Crippen LogP contribution is -2.35. The van der Waals surface area contributed by atoms with Crippen LogP contribution in [0, 0.1) is 11.6 Å². The summed E-state index contributed by atoms with van der Waals surface area (Å²) in [6.07, 6.45) is 0.621. The van der Waals surface area contributed by atoms with Gasteiger partial charge in [0, 0.05) is 18.1 Å². The Morgan fingerprint density at radius 3 is 2.82 bits per heavy atom. The number of para-hydroxylation sites is 1. The highest BCUT2D eigenvalue weighted by Gasteiger charge is 2.22. The fraction of sp³-hybridized carbons (Fsp3) is 0.188. The Balaban J connectivity index is 1.70. The van der Waals surface area contributed by atoms with Crippen molar-refractivity contribution >= 4 is 11.7 Å². The molecular formula is C16H14F2N2O2. The van der Waals surface area contributed by atoms with E-state index in [-0.39, 0.29) is 11.7 Å². The second kappa shape index (κ2) is 6.01. The molecule has 0 radical (unpaired) electrons. The summed E-state index contributed by atoms with van der Waals surface area (Å²) in [4.78, 5) is 12.0. The molecule has 0 fully saturated rings. The van der Waals surface area contributed by atoms with Gasteiger partial charge in [0.2, 0.25) is 0 Å². The number of halogens is 2. The molecule has 1 unspecified atom stereocenters. The molecular weight excluding hydrogens is 290 g/mol. The van der Waals surface area contributed by atoms with E-state index in [2.05, 4.69) is 10.6 Å². The number of fused-ring (bicyclic) bond motifs is 1. The van der Waals surface area contributed by atoms with Gasteiger partial charge >= 0.3 is 6.03 Å². The maximum absolute atomic E-state index is 13.5. The van der Waals surface area contributed by atoms with Crippen molar-refractivity contribution in [2.75, 3.05) is 11.9 Å². The minimum Gasteiger partial charge on any atom is -0.493 e. The molecule has 2 aromatic carbocycles. The zero-order valence-corrected chi connectivity index (χ0v) is 11.6. The van der Waals surface area contributed by atoms with Gasteiger partial charge in [0.05, 0.1) is 18.3 Å². The predicted octanol–water partition coefficient (Wildman–Crippen LogP) is 3.61. The van der Waals surface area contributed by atoms with Crippen molar-refractivity contribution in [2.45, 2.75) is 12.5 Å². The Kier molecular flexibility index (Phi) is 3.91. The van der Waals surface area contributed by atoms with Gasteiger partial charge in [-0.3, -0.25) is 0 Å². The summed E-state index contributed by atoms with van der Waals surface area (Å²) in [6.45, 7) is 0.493. The lowest BCUT2D eigenvalue weighted by atomic mass is 10.0. The molecule has 114 valence electrons. The van der Waals surface area contributed by atoms with E-state index in [9.17, 15) is 13.6 Å². The number of anilines is 1. The van der Waals surface area contributed by atoms with Gasteiger partial charge < -0.3 is 15.4 Å². The molecule has 1 aliphatic heterocycles. The van der Waals surface area contributed by atoms with Gasteiger partial charge in [-0.25, -0.2) is 13.6 Å². The minimum absolute atomic E-state index is 0.0701. The number of hydrogen-bond acceptors (Lipinski definition) is 2. The molecule has 4 nitrogen and oxygen atoms in total. The Labute approximate surface area is 126 Å². The van der Waals surface area contributed by atoms with Crippen LogP contribution in [0.4, 0.5) is 19.3 Å². The number of carbonyl (C=O) groups is 1. The van der Waals surface area contributed by atoms with Crippen molar-refractivity contribution in [1.29, 1.82) is 0 Å². The first-order chi connectivity index (χ1) is 10.6. The SMILES string of the molecule is O=C(Nc1ccc(F)cc1F)NC1CCOc2ccccc21. The largest absolute Gasteiger partial charge is 0.493 e. The second-order valence-electron chi connectivity index (χ2n) is 4.95. The average molecular weight is 304 g/mol. The molecule has 0 spiro atoms. The van der Waals surface area contributed by atoms with Crippen LogP contribution in [0.2, 0.25) is 0 Å². The summed E-state index contributed by atoms with van der Waals surface area (Å²) >= 11 is 0. The summed E-state index contributed by atoms with van der Waals surface area (Å²) < 4.78 is 31.9. The van der Waals surface area contributed by atoms with Gasteiger partial charge in [-0.15, -0.1) is 0 Å². The summed E-state index contributed by atoms with van der Waals surface area (Å²) in [5.74, 6) is -0.781.